The number of amides is 1. The molecule has 0 bridgehead atoms. The first-order valence-electron chi connectivity index (χ1n) is 7.82. The Bertz CT molecular complexity index is 1120. The zero-order valence-electron chi connectivity index (χ0n) is 14.2. The molecule has 0 aliphatic heterocycles. The van der Waals surface area contributed by atoms with Crippen LogP contribution in [0.4, 0.5) is 0 Å². The lowest BCUT2D eigenvalue weighted by atomic mass is 10.1. The molecule has 128 valence electrons. The molecule has 0 saturated heterocycles. The van der Waals surface area contributed by atoms with Crippen molar-refractivity contribution in [2.75, 3.05) is 0 Å². The summed E-state index contributed by atoms with van der Waals surface area (Å²) in [5, 5.41) is 17.9. The zero-order chi connectivity index (χ0) is 18.7. The summed E-state index contributed by atoms with van der Waals surface area (Å²) in [6.45, 7) is 1.74. The van der Waals surface area contributed by atoms with Gasteiger partial charge in [0, 0.05) is 12.4 Å². The van der Waals surface area contributed by atoms with Gasteiger partial charge in [0.05, 0.1) is 22.7 Å². The predicted octanol–water partition coefficient (Wildman–Crippen LogP) is 1.96. The van der Waals surface area contributed by atoms with Gasteiger partial charge in [0.25, 0.3) is 11.5 Å². The van der Waals surface area contributed by atoms with E-state index < -0.39 is 5.91 Å². The highest BCUT2D eigenvalue weighted by Gasteiger charge is 2.15. The molecule has 3 rings (SSSR count). The average molecular weight is 345 g/mol. The fraction of sp³-hybridized carbons (Fsp3) is 0.105. The average Bonchev–Trinajstić information content (AvgIpc) is 2.68. The minimum atomic E-state index is -0.509. The number of nitriles is 1. The number of aryl methyl sites for hydroxylation is 1. The van der Waals surface area contributed by atoms with Gasteiger partial charge in [0.15, 0.2) is 5.69 Å². The van der Waals surface area contributed by atoms with Gasteiger partial charge in [-0.15, -0.1) is 0 Å². The Hall–Kier alpha value is -3.79. The van der Waals surface area contributed by atoms with E-state index in [4.69, 9.17) is 5.26 Å². The summed E-state index contributed by atoms with van der Waals surface area (Å²) in [6.07, 6.45) is 0. The van der Waals surface area contributed by atoms with Crippen molar-refractivity contribution >= 4 is 22.4 Å². The highest BCUT2D eigenvalue weighted by molar-refractivity contribution is 6.06. The quantitative estimate of drug-likeness (QED) is 0.579. The number of fused-ring (bicyclic) bond motifs is 1. The zero-order valence-corrected chi connectivity index (χ0v) is 14.2. The maximum Gasteiger partial charge on any atom is 0.292 e. The van der Waals surface area contributed by atoms with Gasteiger partial charge in [0.2, 0.25) is 0 Å². The minimum absolute atomic E-state index is 0.124. The first kappa shape index (κ1) is 17.0. The van der Waals surface area contributed by atoms with Crippen molar-refractivity contribution in [3.05, 3.63) is 75.7 Å². The molecule has 0 aliphatic carbocycles. The maximum atomic E-state index is 12.5. The van der Waals surface area contributed by atoms with E-state index in [-0.39, 0.29) is 11.3 Å². The topological polar surface area (TPSA) is 100 Å². The molecule has 26 heavy (non-hydrogen) atoms. The second kappa shape index (κ2) is 6.99. The second-order valence-electron chi connectivity index (χ2n) is 5.65. The van der Waals surface area contributed by atoms with Gasteiger partial charge in [-0.1, -0.05) is 30.3 Å². The third-order valence-corrected chi connectivity index (χ3v) is 3.93. The van der Waals surface area contributed by atoms with Crippen LogP contribution in [-0.2, 0) is 7.05 Å². The van der Waals surface area contributed by atoms with Crippen molar-refractivity contribution in [3.8, 4) is 6.07 Å². The summed E-state index contributed by atoms with van der Waals surface area (Å²) in [6, 6.07) is 15.7. The molecule has 7 nitrogen and oxygen atoms in total. The lowest BCUT2D eigenvalue weighted by Gasteiger charge is -2.07. The molecule has 0 spiro atoms. The fourth-order valence-electron chi connectivity index (χ4n) is 2.51. The van der Waals surface area contributed by atoms with Crippen LogP contribution in [0.1, 0.15) is 28.5 Å². The van der Waals surface area contributed by atoms with Gasteiger partial charge in [-0.25, -0.2) is 10.1 Å². The standard InChI is InChI=1S/C19H15N5O2/c1-12(14-9-7-13(11-20)8-10-14)21-22-18(25)17-15-5-3-4-6-16(15)19(26)24(2)23-17/h3-10H,1-2H3,(H,22,25)/b21-12+. The molecular weight excluding hydrogens is 330 g/mol. The summed E-state index contributed by atoms with van der Waals surface area (Å²) in [4.78, 5) is 24.6. The van der Waals surface area contributed by atoms with Crippen LogP contribution in [0.3, 0.4) is 0 Å². The monoisotopic (exact) mass is 345 g/mol. The van der Waals surface area contributed by atoms with Crippen molar-refractivity contribution < 1.29 is 4.79 Å². The van der Waals surface area contributed by atoms with Crippen LogP contribution in [0.5, 0.6) is 0 Å². The minimum Gasteiger partial charge on any atom is -0.267 e. The predicted molar refractivity (Wildman–Crippen MR) is 97.8 cm³/mol. The van der Waals surface area contributed by atoms with Crippen molar-refractivity contribution in [1.82, 2.24) is 15.2 Å². The summed E-state index contributed by atoms with van der Waals surface area (Å²) >= 11 is 0. The Kier molecular flexibility index (Phi) is 4.58. The van der Waals surface area contributed by atoms with E-state index >= 15 is 0 Å². The smallest absolute Gasteiger partial charge is 0.267 e. The summed E-state index contributed by atoms with van der Waals surface area (Å²) in [7, 11) is 1.50. The maximum absolute atomic E-state index is 12.5. The molecular formula is C19H15N5O2. The number of rotatable bonds is 3. The van der Waals surface area contributed by atoms with Crippen LogP contribution in [0, 0.1) is 11.3 Å². The molecule has 3 aromatic rings. The van der Waals surface area contributed by atoms with E-state index in [1.807, 2.05) is 6.07 Å². The fourth-order valence-corrected chi connectivity index (χ4v) is 2.51. The van der Waals surface area contributed by atoms with Crippen molar-refractivity contribution in [1.29, 1.82) is 5.26 Å². The number of hydrogen-bond acceptors (Lipinski definition) is 5. The number of carbonyl (C=O) groups is 1. The van der Waals surface area contributed by atoms with Crippen molar-refractivity contribution in [2.24, 2.45) is 12.1 Å². The van der Waals surface area contributed by atoms with Crippen LogP contribution < -0.4 is 11.0 Å². The number of aromatic nitrogens is 2. The SMILES string of the molecule is C/C(=N\NC(=O)c1nn(C)c(=O)c2ccccc12)c1ccc(C#N)cc1. The largest absolute Gasteiger partial charge is 0.292 e. The molecule has 1 heterocycles. The first-order valence-corrected chi connectivity index (χ1v) is 7.82. The van der Waals surface area contributed by atoms with E-state index in [1.165, 1.54) is 7.05 Å². The van der Waals surface area contributed by atoms with Gasteiger partial charge in [-0.3, -0.25) is 9.59 Å². The van der Waals surface area contributed by atoms with Crippen molar-refractivity contribution in [3.63, 3.8) is 0 Å². The van der Waals surface area contributed by atoms with Crippen LogP contribution in [0.15, 0.2) is 58.4 Å². The van der Waals surface area contributed by atoms with E-state index in [9.17, 15) is 9.59 Å². The third kappa shape index (κ3) is 3.21. The Labute approximate surface area is 149 Å². The Morgan fingerprint density at radius 1 is 1.15 bits per heavy atom. The highest BCUT2D eigenvalue weighted by Crippen LogP contribution is 2.13. The molecule has 0 radical (unpaired) electrons. The molecule has 0 aliphatic rings. The number of hydrazone groups is 1. The van der Waals surface area contributed by atoms with E-state index in [0.717, 1.165) is 10.2 Å². The molecule has 1 N–H and O–H groups in total. The lowest BCUT2D eigenvalue weighted by molar-refractivity contribution is 0.0949. The summed E-state index contributed by atoms with van der Waals surface area (Å²) in [5.74, 6) is -0.509. The summed E-state index contributed by atoms with van der Waals surface area (Å²) in [5.41, 5.74) is 4.23. The van der Waals surface area contributed by atoms with E-state index in [1.54, 1.807) is 55.5 Å². The van der Waals surface area contributed by atoms with E-state index in [0.29, 0.717) is 22.0 Å². The van der Waals surface area contributed by atoms with Gasteiger partial charge < -0.3 is 0 Å². The van der Waals surface area contributed by atoms with Gasteiger partial charge >= 0.3 is 0 Å². The van der Waals surface area contributed by atoms with Crippen molar-refractivity contribution in [2.45, 2.75) is 6.92 Å². The van der Waals surface area contributed by atoms with Crippen LogP contribution in [0.25, 0.3) is 10.8 Å². The van der Waals surface area contributed by atoms with E-state index in [2.05, 4.69) is 15.6 Å². The van der Waals surface area contributed by atoms with Crippen LogP contribution in [0.2, 0.25) is 0 Å². The van der Waals surface area contributed by atoms with Gasteiger partial charge in [-0.2, -0.15) is 15.5 Å². The number of nitrogens with one attached hydrogen (secondary N) is 1. The molecule has 7 heteroatoms. The highest BCUT2D eigenvalue weighted by atomic mass is 16.2. The molecule has 0 fully saturated rings. The van der Waals surface area contributed by atoms with Crippen LogP contribution >= 0.6 is 0 Å². The molecule has 2 aromatic carbocycles. The molecule has 0 atom stereocenters. The van der Waals surface area contributed by atoms with Gasteiger partial charge in [0.1, 0.15) is 0 Å². The number of hydrogen-bond donors (Lipinski definition) is 1. The summed E-state index contributed by atoms with van der Waals surface area (Å²) < 4.78 is 1.13. The Balaban J connectivity index is 1.91. The normalized spacial score (nSPS) is 11.2. The third-order valence-electron chi connectivity index (χ3n) is 3.93. The molecule has 1 aromatic heterocycles. The number of nitrogens with zero attached hydrogens (tertiary/aromatic N) is 4. The molecule has 0 saturated carbocycles. The Morgan fingerprint density at radius 2 is 1.81 bits per heavy atom. The lowest BCUT2D eigenvalue weighted by Crippen LogP contribution is -2.27. The second-order valence-corrected chi connectivity index (χ2v) is 5.65. The first-order chi connectivity index (χ1) is 12.5. The molecule has 0 unspecified atom stereocenters. The Morgan fingerprint density at radius 3 is 2.46 bits per heavy atom. The van der Waals surface area contributed by atoms with Crippen LogP contribution in [-0.4, -0.2) is 21.4 Å². The van der Waals surface area contributed by atoms with Gasteiger partial charge in [-0.05, 0) is 30.7 Å². The molecule has 1 amide bonds. The number of benzene rings is 2. The number of carbonyl (C=O) groups excluding carboxylic acids is 1.